The van der Waals surface area contributed by atoms with Gasteiger partial charge in [-0.25, -0.2) is 0 Å². The van der Waals surface area contributed by atoms with E-state index >= 15 is 0 Å². The first-order chi connectivity index (χ1) is 13.7. The third kappa shape index (κ3) is 3.77. The zero-order chi connectivity index (χ0) is 19.5. The van der Waals surface area contributed by atoms with E-state index < -0.39 is 0 Å². The first kappa shape index (κ1) is 19.0. The molecule has 1 N–H and O–H groups in total. The first-order valence-corrected chi connectivity index (χ1v) is 10.5. The molecule has 0 unspecified atom stereocenters. The second-order valence-corrected chi connectivity index (χ2v) is 7.80. The highest BCUT2D eigenvalue weighted by Gasteiger charge is 2.20. The molecule has 2 aromatic heterocycles. The number of hydrogen-bond donors (Lipinski definition) is 1. The topological polar surface area (TPSA) is 59.5 Å². The van der Waals surface area contributed by atoms with Crippen LogP contribution in [0.1, 0.15) is 19.8 Å². The molecule has 148 valence electrons. The summed E-state index contributed by atoms with van der Waals surface area (Å²) in [6.07, 6.45) is 4.23. The van der Waals surface area contributed by atoms with Gasteiger partial charge in [-0.15, -0.1) is 0 Å². The van der Waals surface area contributed by atoms with Crippen molar-refractivity contribution < 1.29 is 9.47 Å². The van der Waals surface area contributed by atoms with Crippen LogP contribution in [0.4, 0.5) is 5.00 Å². The van der Waals surface area contributed by atoms with Gasteiger partial charge in [-0.05, 0) is 54.7 Å². The summed E-state index contributed by atoms with van der Waals surface area (Å²) >= 11 is 1.50. The minimum Gasteiger partial charge on any atom is -0.493 e. The predicted molar refractivity (Wildman–Crippen MR) is 115 cm³/mol. The number of hydrogen-bond acceptors (Lipinski definition) is 7. The average Bonchev–Trinajstić information content (AvgIpc) is 3.15. The fourth-order valence-corrected chi connectivity index (χ4v) is 4.47. The van der Waals surface area contributed by atoms with Gasteiger partial charge < -0.3 is 19.7 Å². The van der Waals surface area contributed by atoms with Crippen LogP contribution in [-0.2, 0) is 0 Å². The third-order valence-corrected chi connectivity index (χ3v) is 6.19. The minimum absolute atomic E-state index is 0.499. The Hall–Kier alpha value is -2.38. The number of aromatic nitrogens is 2. The summed E-state index contributed by atoms with van der Waals surface area (Å²) in [5.74, 6) is 1.42. The molecule has 6 nitrogen and oxygen atoms in total. The lowest BCUT2D eigenvalue weighted by molar-refractivity contribution is 0.230. The Morgan fingerprint density at radius 1 is 1.11 bits per heavy atom. The van der Waals surface area contributed by atoms with E-state index in [9.17, 15) is 0 Å². The number of benzene rings is 1. The third-order valence-electron chi connectivity index (χ3n) is 5.40. The van der Waals surface area contributed by atoms with Gasteiger partial charge in [0.2, 0.25) is 0 Å². The van der Waals surface area contributed by atoms with Crippen LogP contribution in [0.2, 0.25) is 0 Å². The molecule has 0 spiro atoms. The zero-order valence-corrected chi connectivity index (χ0v) is 17.4. The molecule has 0 saturated carbocycles. The first-order valence-electron chi connectivity index (χ1n) is 9.68. The molecule has 3 heterocycles. The van der Waals surface area contributed by atoms with Crippen molar-refractivity contribution in [3.8, 4) is 22.6 Å². The zero-order valence-electron chi connectivity index (χ0n) is 16.6. The van der Waals surface area contributed by atoms with E-state index in [1.807, 2.05) is 24.4 Å². The van der Waals surface area contributed by atoms with Gasteiger partial charge in [-0.2, -0.15) is 4.37 Å². The van der Waals surface area contributed by atoms with Crippen molar-refractivity contribution in [1.29, 1.82) is 0 Å². The molecule has 3 aromatic rings. The number of fused-ring (bicyclic) bond motifs is 1. The fraction of sp³-hybridized carbons (Fsp3) is 0.429. The number of anilines is 1. The smallest absolute Gasteiger partial charge is 0.161 e. The van der Waals surface area contributed by atoms with E-state index in [1.165, 1.54) is 11.5 Å². The molecule has 1 saturated heterocycles. The molecule has 0 bridgehead atoms. The van der Waals surface area contributed by atoms with E-state index in [0.29, 0.717) is 11.8 Å². The van der Waals surface area contributed by atoms with Crippen molar-refractivity contribution >= 4 is 27.6 Å². The molecule has 0 amide bonds. The lowest BCUT2D eigenvalue weighted by Gasteiger charge is -2.31. The molecule has 0 atom stereocenters. The van der Waals surface area contributed by atoms with E-state index in [1.54, 1.807) is 14.2 Å². The Morgan fingerprint density at radius 2 is 1.89 bits per heavy atom. The normalized spacial score (nSPS) is 15.7. The van der Waals surface area contributed by atoms with Crippen molar-refractivity contribution in [2.75, 3.05) is 39.2 Å². The van der Waals surface area contributed by atoms with Crippen molar-refractivity contribution in [2.24, 2.45) is 0 Å². The highest BCUT2D eigenvalue weighted by Crippen LogP contribution is 2.34. The van der Waals surface area contributed by atoms with E-state index in [0.717, 1.165) is 65.4 Å². The Morgan fingerprint density at radius 3 is 2.61 bits per heavy atom. The molecular formula is C21H26N4O2S. The van der Waals surface area contributed by atoms with E-state index in [-0.39, 0.29) is 0 Å². The monoisotopic (exact) mass is 398 g/mol. The van der Waals surface area contributed by atoms with Gasteiger partial charge in [-0.1, -0.05) is 13.0 Å². The number of likely N-dealkylation sites (tertiary alicyclic amines) is 1. The molecular weight excluding hydrogens is 372 g/mol. The molecule has 1 aliphatic heterocycles. The van der Waals surface area contributed by atoms with Crippen LogP contribution in [0.5, 0.6) is 11.5 Å². The van der Waals surface area contributed by atoms with Gasteiger partial charge in [0.05, 0.1) is 14.2 Å². The quantitative estimate of drug-likeness (QED) is 0.669. The molecule has 1 aliphatic rings. The minimum atomic E-state index is 0.499. The largest absolute Gasteiger partial charge is 0.493 e. The highest BCUT2D eigenvalue weighted by molar-refractivity contribution is 7.11. The van der Waals surface area contributed by atoms with Crippen LogP contribution in [0.3, 0.4) is 0 Å². The van der Waals surface area contributed by atoms with Crippen molar-refractivity contribution in [2.45, 2.75) is 25.8 Å². The summed E-state index contributed by atoms with van der Waals surface area (Å²) in [5, 5.41) is 4.74. The summed E-state index contributed by atoms with van der Waals surface area (Å²) in [4.78, 5) is 7.21. The summed E-state index contributed by atoms with van der Waals surface area (Å²) in [7, 11) is 3.29. The Balaban J connectivity index is 1.55. The van der Waals surface area contributed by atoms with Gasteiger partial charge in [-0.3, -0.25) is 4.98 Å². The second kappa shape index (κ2) is 8.32. The van der Waals surface area contributed by atoms with E-state index in [2.05, 4.69) is 27.6 Å². The van der Waals surface area contributed by atoms with Crippen LogP contribution in [0.25, 0.3) is 22.2 Å². The Kier molecular flexibility index (Phi) is 5.64. The Labute approximate surface area is 169 Å². The van der Waals surface area contributed by atoms with Crippen LogP contribution in [0, 0.1) is 0 Å². The lowest BCUT2D eigenvalue weighted by Crippen LogP contribution is -2.38. The molecule has 4 rings (SSSR count). The number of rotatable bonds is 6. The van der Waals surface area contributed by atoms with Gasteiger partial charge >= 0.3 is 0 Å². The van der Waals surface area contributed by atoms with Gasteiger partial charge in [0.25, 0.3) is 0 Å². The molecule has 1 aromatic carbocycles. The summed E-state index contributed by atoms with van der Waals surface area (Å²) < 4.78 is 15.4. The lowest BCUT2D eigenvalue weighted by atomic mass is 10.1. The van der Waals surface area contributed by atoms with Crippen molar-refractivity contribution in [1.82, 2.24) is 14.3 Å². The standard InChI is InChI=1S/C21H26N4O2S/c1-4-25-9-7-16(8-10-25)23-21-20-17(24-28-21)11-15(13-22-20)14-5-6-18(26-2)19(12-14)27-3/h5-6,11-13,16,23H,4,7-10H2,1-3H3. The van der Waals surface area contributed by atoms with Crippen LogP contribution in [-0.4, -0.2) is 54.2 Å². The SMILES string of the molecule is CCN1CCC(Nc2snc3cc(-c4ccc(OC)c(OC)c4)cnc23)CC1. The second-order valence-electron chi connectivity index (χ2n) is 7.03. The predicted octanol–water partition coefficient (Wildman–Crippen LogP) is 4.27. The fourth-order valence-electron chi connectivity index (χ4n) is 3.68. The summed E-state index contributed by atoms with van der Waals surface area (Å²) in [5.41, 5.74) is 3.92. The van der Waals surface area contributed by atoms with E-state index in [4.69, 9.17) is 14.5 Å². The highest BCUT2D eigenvalue weighted by atomic mass is 32.1. The van der Waals surface area contributed by atoms with Crippen molar-refractivity contribution in [3.05, 3.63) is 30.5 Å². The molecule has 0 aliphatic carbocycles. The van der Waals surface area contributed by atoms with Crippen molar-refractivity contribution in [3.63, 3.8) is 0 Å². The van der Waals surface area contributed by atoms with Crippen LogP contribution < -0.4 is 14.8 Å². The van der Waals surface area contributed by atoms with Gasteiger partial charge in [0, 0.05) is 30.9 Å². The summed E-state index contributed by atoms with van der Waals surface area (Å²) in [6, 6.07) is 8.48. The molecule has 28 heavy (non-hydrogen) atoms. The number of methoxy groups -OCH3 is 2. The van der Waals surface area contributed by atoms with Gasteiger partial charge in [0.1, 0.15) is 16.0 Å². The number of pyridine rings is 1. The molecule has 0 radical (unpaired) electrons. The number of ether oxygens (including phenoxy) is 2. The number of nitrogens with one attached hydrogen (secondary N) is 1. The molecule has 7 heteroatoms. The number of nitrogens with zero attached hydrogens (tertiary/aromatic N) is 3. The maximum Gasteiger partial charge on any atom is 0.161 e. The van der Waals surface area contributed by atoms with Crippen LogP contribution >= 0.6 is 11.5 Å². The maximum absolute atomic E-state index is 5.42. The average molecular weight is 399 g/mol. The number of piperidine rings is 1. The van der Waals surface area contributed by atoms with Gasteiger partial charge in [0.15, 0.2) is 11.5 Å². The van der Waals surface area contributed by atoms with Crippen LogP contribution in [0.15, 0.2) is 30.5 Å². The summed E-state index contributed by atoms with van der Waals surface area (Å²) in [6.45, 7) is 5.67. The Bertz CT molecular complexity index is 951. The maximum atomic E-state index is 5.42. The molecule has 1 fully saturated rings.